The summed E-state index contributed by atoms with van der Waals surface area (Å²) < 4.78 is 39.9. The lowest BCUT2D eigenvalue weighted by Crippen LogP contribution is -2.43. The van der Waals surface area contributed by atoms with Crippen LogP contribution >= 0.6 is 0 Å². The lowest BCUT2D eigenvalue weighted by atomic mass is 10.2. The Balaban J connectivity index is 2.34. The van der Waals surface area contributed by atoms with E-state index in [0.29, 0.717) is 5.56 Å². The van der Waals surface area contributed by atoms with Crippen LogP contribution in [0.15, 0.2) is 24.3 Å². The molecular formula is C11H13F3N2O2. The van der Waals surface area contributed by atoms with Gasteiger partial charge in [-0.05, 0) is 17.7 Å². The maximum Gasteiger partial charge on any atom is 0.345 e. The van der Waals surface area contributed by atoms with Gasteiger partial charge in [-0.25, -0.2) is 4.39 Å². The van der Waals surface area contributed by atoms with Crippen LogP contribution in [0.3, 0.4) is 0 Å². The maximum atomic E-state index is 12.6. The van der Waals surface area contributed by atoms with Crippen molar-refractivity contribution in [2.75, 3.05) is 6.61 Å². The topological polar surface area (TPSA) is 64.3 Å². The first-order valence-electron chi connectivity index (χ1n) is 5.16. The summed E-state index contributed by atoms with van der Waals surface area (Å²) in [5.41, 5.74) is 6.00. The third-order valence-electron chi connectivity index (χ3n) is 2.12. The van der Waals surface area contributed by atoms with E-state index in [2.05, 4.69) is 10.1 Å². The number of hydrogen-bond donors (Lipinski definition) is 2. The van der Waals surface area contributed by atoms with Crippen molar-refractivity contribution in [1.82, 2.24) is 5.32 Å². The molecule has 0 aliphatic rings. The molecular weight excluding hydrogens is 249 g/mol. The molecule has 0 aliphatic carbocycles. The van der Waals surface area contributed by atoms with Crippen LogP contribution in [-0.2, 0) is 16.1 Å². The molecule has 1 rings (SSSR count). The van der Waals surface area contributed by atoms with Crippen molar-refractivity contribution >= 4 is 5.91 Å². The van der Waals surface area contributed by atoms with Crippen LogP contribution < -0.4 is 11.1 Å². The number of carbonyl (C=O) groups excluding carboxylic acids is 1. The molecule has 100 valence electrons. The van der Waals surface area contributed by atoms with Gasteiger partial charge in [0.1, 0.15) is 11.9 Å². The molecule has 1 atom stereocenters. The van der Waals surface area contributed by atoms with Crippen molar-refractivity contribution in [2.45, 2.75) is 19.2 Å². The molecule has 1 aromatic rings. The van der Waals surface area contributed by atoms with Gasteiger partial charge < -0.3 is 15.8 Å². The number of carbonyl (C=O) groups is 1. The van der Waals surface area contributed by atoms with Gasteiger partial charge in [0.25, 0.3) is 0 Å². The van der Waals surface area contributed by atoms with E-state index in [1.165, 1.54) is 24.3 Å². The van der Waals surface area contributed by atoms with Crippen molar-refractivity contribution in [2.24, 2.45) is 5.73 Å². The van der Waals surface area contributed by atoms with E-state index in [4.69, 9.17) is 5.73 Å². The van der Waals surface area contributed by atoms with Crippen LogP contribution in [0.1, 0.15) is 5.56 Å². The van der Waals surface area contributed by atoms with Crippen molar-refractivity contribution in [3.63, 3.8) is 0 Å². The van der Waals surface area contributed by atoms with E-state index >= 15 is 0 Å². The van der Waals surface area contributed by atoms with Gasteiger partial charge in [-0.2, -0.15) is 8.78 Å². The molecule has 0 saturated heterocycles. The summed E-state index contributed by atoms with van der Waals surface area (Å²) in [5.74, 6) is -0.993. The molecule has 0 bridgehead atoms. The van der Waals surface area contributed by atoms with E-state index in [0.717, 1.165) is 0 Å². The molecule has 0 saturated carbocycles. The Kier molecular flexibility index (Phi) is 5.60. The van der Waals surface area contributed by atoms with E-state index in [-0.39, 0.29) is 12.4 Å². The monoisotopic (exact) mass is 262 g/mol. The number of alkyl halides is 2. The minimum atomic E-state index is -2.96. The Morgan fingerprint density at radius 3 is 2.50 bits per heavy atom. The molecule has 0 heterocycles. The summed E-state index contributed by atoms with van der Waals surface area (Å²) in [6, 6.07) is 4.33. The lowest BCUT2D eigenvalue weighted by Gasteiger charge is -2.12. The summed E-state index contributed by atoms with van der Waals surface area (Å²) >= 11 is 0. The van der Waals surface area contributed by atoms with Crippen molar-refractivity contribution < 1.29 is 22.7 Å². The zero-order valence-corrected chi connectivity index (χ0v) is 9.41. The number of ether oxygens (including phenoxy) is 1. The predicted molar refractivity (Wildman–Crippen MR) is 58.2 cm³/mol. The third-order valence-corrected chi connectivity index (χ3v) is 2.12. The number of amides is 1. The molecule has 0 aromatic heterocycles. The normalized spacial score (nSPS) is 12.5. The minimum Gasteiger partial charge on any atom is -0.351 e. The summed E-state index contributed by atoms with van der Waals surface area (Å²) in [7, 11) is 0. The molecule has 4 nitrogen and oxygen atoms in total. The third kappa shape index (κ3) is 5.15. The summed E-state index contributed by atoms with van der Waals surface area (Å²) in [4.78, 5) is 11.4. The van der Waals surface area contributed by atoms with E-state index in [1.54, 1.807) is 0 Å². The Morgan fingerprint density at radius 1 is 1.33 bits per heavy atom. The fourth-order valence-electron chi connectivity index (χ4n) is 1.17. The molecule has 0 radical (unpaired) electrons. The summed E-state index contributed by atoms with van der Waals surface area (Å²) in [6.45, 7) is -3.38. The fourth-order valence-corrected chi connectivity index (χ4v) is 1.17. The lowest BCUT2D eigenvalue weighted by molar-refractivity contribution is -0.141. The number of hydrogen-bond acceptors (Lipinski definition) is 3. The summed E-state index contributed by atoms with van der Waals surface area (Å²) in [5, 5.41) is 2.43. The summed E-state index contributed by atoms with van der Waals surface area (Å²) in [6.07, 6.45) is 0. The highest BCUT2D eigenvalue weighted by Crippen LogP contribution is 2.02. The quantitative estimate of drug-likeness (QED) is 0.804. The predicted octanol–water partition coefficient (Wildman–Crippen LogP) is 1.01. The van der Waals surface area contributed by atoms with Crippen LogP contribution in [0.2, 0.25) is 0 Å². The van der Waals surface area contributed by atoms with Crippen LogP contribution in [0.5, 0.6) is 0 Å². The molecule has 1 aromatic carbocycles. The van der Waals surface area contributed by atoms with Gasteiger partial charge in [0.15, 0.2) is 0 Å². The highest BCUT2D eigenvalue weighted by molar-refractivity contribution is 5.81. The van der Waals surface area contributed by atoms with Gasteiger partial charge in [0, 0.05) is 6.54 Å². The Labute approximate surface area is 102 Å². The van der Waals surface area contributed by atoms with Gasteiger partial charge in [0.05, 0.1) is 6.61 Å². The molecule has 3 N–H and O–H groups in total. The SMILES string of the molecule is NC(COC(F)F)C(=O)NCc1ccc(F)cc1. The molecule has 18 heavy (non-hydrogen) atoms. The van der Waals surface area contributed by atoms with Gasteiger partial charge in [-0.15, -0.1) is 0 Å². The second-order valence-corrected chi connectivity index (χ2v) is 3.54. The van der Waals surface area contributed by atoms with Crippen molar-refractivity contribution in [3.05, 3.63) is 35.6 Å². The minimum absolute atomic E-state index is 0.140. The van der Waals surface area contributed by atoms with Gasteiger partial charge in [-0.1, -0.05) is 12.1 Å². The number of nitrogens with two attached hydrogens (primary N) is 1. The van der Waals surface area contributed by atoms with Gasteiger partial charge in [0.2, 0.25) is 5.91 Å². The molecule has 0 fully saturated rings. The largest absolute Gasteiger partial charge is 0.351 e. The first kappa shape index (κ1) is 14.5. The van der Waals surface area contributed by atoms with E-state index in [9.17, 15) is 18.0 Å². The number of halogens is 3. The van der Waals surface area contributed by atoms with E-state index in [1.807, 2.05) is 0 Å². The Morgan fingerprint density at radius 2 is 1.94 bits per heavy atom. The first-order valence-corrected chi connectivity index (χ1v) is 5.16. The van der Waals surface area contributed by atoms with Crippen LogP contribution in [0, 0.1) is 5.82 Å². The molecule has 0 aliphatic heterocycles. The number of nitrogens with one attached hydrogen (secondary N) is 1. The molecule has 7 heteroatoms. The molecule has 1 unspecified atom stereocenters. The van der Waals surface area contributed by atoms with Crippen LogP contribution in [0.25, 0.3) is 0 Å². The number of benzene rings is 1. The zero-order valence-electron chi connectivity index (χ0n) is 9.41. The molecule has 1 amide bonds. The Hall–Kier alpha value is -1.60. The average Bonchev–Trinajstić information content (AvgIpc) is 2.34. The first-order chi connectivity index (χ1) is 8.49. The van der Waals surface area contributed by atoms with E-state index < -0.39 is 25.2 Å². The van der Waals surface area contributed by atoms with Crippen LogP contribution in [-0.4, -0.2) is 25.2 Å². The smallest absolute Gasteiger partial charge is 0.345 e. The van der Waals surface area contributed by atoms with Crippen molar-refractivity contribution in [1.29, 1.82) is 0 Å². The van der Waals surface area contributed by atoms with Gasteiger partial charge >= 0.3 is 6.61 Å². The van der Waals surface area contributed by atoms with Crippen molar-refractivity contribution in [3.8, 4) is 0 Å². The highest BCUT2D eigenvalue weighted by atomic mass is 19.3. The second kappa shape index (κ2) is 6.97. The van der Waals surface area contributed by atoms with Gasteiger partial charge in [-0.3, -0.25) is 4.79 Å². The number of rotatable bonds is 6. The fraction of sp³-hybridized carbons (Fsp3) is 0.364. The average molecular weight is 262 g/mol. The van der Waals surface area contributed by atoms with Crippen LogP contribution in [0.4, 0.5) is 13.2 Å². The maximum absolute atomic E-state index is 12.6. The zero-order chi connectivity index (χ0) is 13.5. The molecule has 0 spiro atoms. The Bertz CT molecular complexity index is 384. The highest BCUT2D eigenvalue weighted by Gasteiger charge is 2.15. The standard InChI is InChI=1S/C11H13F3N2O2/c12-8-3-1-7(2-4-8)5-16-10(17)9(15)6-18-11(13)14/h1-4,9,11H,5-6,15H2,(H,16,17). The second-order valence-electron chi connectivity index (χ2n) is 3.54.